The summed E-state index contributed by atoms with van der Waals surface area (Å²) in [6.07, 6.45) is 7.18. The van der Waals surface area contributed by atoms with Gasteiger partial charge < -0.3 is 9.80 Å². The van der Waals surface area contributed by atoms with Gasteiger partial charge in [0.05, 0.1) is 0 Å². The molecule has 0 aromatic heterocycles. The van der Waals surface area contributed by atoms with E-state index in [1.165, 1.54) is 70.5 Å². The fourth-order valence-corrected chi connectivity index (χ4v) is 3.61. The zero-order valence-electron chi connectivity index (χ0n) is 11.9. The van der Waals surface area contributed by atoms with Crippen LogP contribution in [0.3, 0.4) is 0 Å². The van der Waals surface area contributed by atoms with Gasteiger partial charge in [-0.3, -0.25) is 0 Å². The molecule has 1 aliphatic carbocycles. The first kappa shape index (κ1) is 13.0. The number of anilines is 1. The normalized spacial score (nSPS) is 22.6. The highest BCUT2D eigenvalue weighted by molar-refractivity contribution is 5.46. The average molecular weight is 258 g/mol. The fraction of sp³-hybridized carbons (Fsp3) is 0.647. The second-order valence-corrected chi connectivity index (χ2v) is 6.13. The van der Waals surface area contributed by atoms with Gasteiger partial charge in [-0.25, -0.2) is 0 Å². The molecule has 0 spiro atoms. The van der Waals surface area contributed by atoms with Crippen LogP contribution in [-0.4, -0.2) is 37.6 Å². The zero-order chi connectivity index (χ0) is 12.9. The van der Waals surface area contributed by atoms with Crippen LogP contribution in [-0.2, 0) is 0 Å². The average Bonchev–Trinajstić information content (AvgIpc) is 2.85. The molecular formula is C17H26N2. The minimum atomic E-state index is 0.989. The van der Waals surface area contributed by atoms with Crippen molar-refractivity contribution in [1.29, 1.82) is 0 Å². The Morgan fingerprint density at radius 3 is 2.42 bits per heavy atom. The van der Waals surface area contributed by atoms with Crippen LogP contribution in [0.1, 0.15) is 32.1 Å². The van der Waals surface area contributed by atoms with Crippen LogP contribution in [0, 0.1) is 5.92 Å². The van der Waals surface area contributed by atoms with Crippen LogP contribution in [0.2, 0.25) is 0 Å². The van der Waals surface area contributed by atoms with E-state index in [0.717, 1.165) is 5.92 Å². The Labute approximate surface area is 117 Å². The van der Waals surface area contributed by atoms with E-state index < -0.39 is 0 Å². The van der Waals surface area contributed by atoms with Crippen LogP contribution in [0.25, 0.3) is 0 Å². The second-order valence-electron chi connectivity index (χ2n) is 6.13. The van der Waals surface area contributed by atoms with Crippen molar-refractivity contribution in [3.63, 3.8) is 0 Å². The number of nitrogens with zero attached hydrogens (tertiary/aromatic N) is 2. The molecule has 0 unspecified atom stereocenters. The molecule has 2 aliphatic rings. The van der Waals surface area contributed by atoms with Gasteiger partial charge >= 0.3 is 0 Å². The molecule has 0 radical (unpaired) electrons. The number of para-hydroxylation sites is 1. The zero-order valence-corrected chi connectivity index (χ0v) is 11.9. The van der Waals surface area contributed by atoms with Gasteiger partial charge in [-0.05, 0) is 43.9 Å². The van der Waals surface area contributed by atoms with Crippen molar-refractivity contribution in [2.24, 2.45) is 5.92 Å². The van der Waals surface area contributed by atoms with Gasteiger partial charge in [0.1, 0.15) is 0 Å². The highest BCUT2D eigenvalue weighted by Crippen LogP contribution is 2.26. The summed E-state index contributed by atoms with van der Waals surface area (Å²) in [5, 5.41) is 0. The maximum Gasteiger partial charge on any atom is 0.0366 e. The maximum atomic E-state index is 2.71. The van der Waals surface area contributed by atoms with E-state index in [2.05, 4.69) is 40.1 Å². The quantitative estimate of drug-likeness (QED) is 0.820. The van der Waals surface area contributed by atoms with Crippen molar-refractivity contribution in [3.05, 3.63) is 30.3 Å². The topological polar surface area (TPSA) is 6.48 Å². The molecular weight excluding hydrogens is 232 g/mol. The molecule has 2 nitrogen and oxygen atoms in total. The summed E-state index contributed by atoms with van der Waals surface area (Å²) in [4.78, 5) is 5.26. The Hall–Kier alpha value is -1.02. The molecule has 1 saturated heterocycles. The van der Waals surface area contributed by atoms with Gasteiger partial charge in [0.2, 0.25) is 0 Å². The van der Waals surface area contributed by atoms with E-state index in [0.29, 0.717) is 0 Å². The lowest BCUT2D eigenvalue weighted by Gasteiger charge is -2.25. The van der Waals surface area contributed by atoms with Crippen molar-refractivity contribution in [2.75, 3.05) is 37.6 Å². The predicted octanol–water partition coefficient (Wildman–Crippen LogP) is 3.39. The number of benzene rings is 1. The molecule has 0 N–H and O–H groups in total. The molecule has 1 aliphatic heterocycles. The van der Waals surface area contributed by atoms with Crippen LogP contribution < -0.4 is 4.90 Å². The number of hydrogen-bond donors (Lipinski definition) is 0. The van der Waals surface area contributed by atoms with Crippen LogP contribution >= 0.6 is 0 Å². The summed E-state index contributed by atoms with van der Waals surface area (Å²) in [7, 11) is 0. The van der Waals surface area contributed by atoms with Gasteiger partial charge in [-0.15, -0.1) is 0 Å². The van der Waals surface area contributed by atoms with Crippen molar-refractivity contribution in [2.45, 2.75) is 32.1 Å². The highest BCUT2D eigenvalue weighted by Gasteiger charge is 2.20. The number of hydrogen-bond acceptors (Lipinski definition) is 2. The van der Waals surface area contributed by atoms with E-state index in [1.54, 1.807) is 0 Å². The Bertz CT molecular complexity index is 370. The number of rotatable bonds is 3. The molecule has 1 aromatic rings. The van der Waals surface area contributed by atoms with Crippen molar-refractivity contribution >= 4 is 5.69 Å². The largest absolute Gasteiger partial charge is 0.370 e. The molecule has 2 fully saturated rings. The first-order chi connectivity index (χ1) is 9.42. The molecule has 0 amide bonds. The van der Waals surface area contributed by atoms with Crippen LogP contribution in [0.4, 0.5) is 5.69 Å². The minimum absolute atomic E-state index is 0.989. The summed E-state index contributed by atoms with van der Waals surface area (Å²) >= 11 is 0. The van der Waals surface area contributed by atoms with Gasteiger partial charge in [-0.2, -0.15) is 0 Å². The molecule has 19 heavy (non-hydrogen) atoms. The van der Waals surface area contributed by atoms with E-state index in [4.69, 9.17) is 0 Å². The summed E-state index contributed by atoms with van der Waals surface area (Å²) in [5.41, 5.74) is 1.39. The van der Waals surface area contributed by atoms with E-state index in [9.17, 15) is 0 Å². The molecule has 1 aromatic carbocycles. The Balaban J connectivity index is 1.53. The Kier molecular flexibility index (Phi) is 4.39. The third kappa shape index (κ3) is 3.50. The molecule has 104 valence electrons. The molecule has 2 heteroatoms. The third-order valence-corrected chi connectivity index (χ3v) is 4.70. The minimum Gasteiger partial charge on any atom is -0.370 e. The molecule has 0 atom stereocenters. The van der Waals surface area contributed by atoms with Crippen molar-refractivity contribution < 1.29 is 0 Å². The molecule has 3 rings (SSSR count). The smallest absolute Gasteiger partial charge is 0.0366 e. The molecule has 0 bridgehead atoms. The predicted molar refractivity (Wildman–Crippen MR) is 81.7 cm³/mol. The fourth-order valence-electron chi connectivity index (χ4n) is 3.61. The van der Waals surface area contributed by atoms with Crippen molar-refractivity contribution in [3.8, 4) is 0 Å². The molecule has 1 saturated carbocycles. The summed E-state index contributed by atoms with van der Waals surface area (Å²) in [6.45, 7) is 6.29. The lowest BCUT2D eigenvalue weighted by Crippen LogP contribution is -2.33. The van der Waals surface area contributed by atoms with Crippen molar-refractivity contribution in [1.82, 2.24) is 4.90 Å². The SMILES string of the molecule is c1ccc(N2CCCN(CC3CCCC3)CC2)cc1. The van der Waals surface area contributed by atoms with Gasteiger partial charge in [0.25, 0.3) is 0 Å². The van der Waals surface area contributed by atoms with Crippen LogP contribution in [0.15, 0.2) is 30.3 Å². The first-order valence-corrected chi connectivity index (χ1v) is 7.94. The van der Waals surface area contributed by atoms with E-state index in [1.807, 2.05) is 0 Å². The lowest BCUT2D eigenvalue weighted by atomic mass is 10.1. The maximum absolute atomic E-state index is 2.71. The van der Waals surface area contributed by atoms with Crippen LogP contribution in [0.5, 0.6) is 0 Å². The standard InChI is InChI=1S/C17H26N2/c1-2-9-17(10-3-1)19-12-6-11-18(13-14-19)15-16-7-4-5-8-16/h1-3,9-10,16H,4-8,11-15H2. The monoisotopic (exact) mass is 258 g/mol. The second kappa shape index (κ2) is 6.42. The van der Waals surface area contributed by atoms with Gasteiger partial charge in [0.15, 0.2) is 0 Å². The van der Waals surface area contributed by atoms with Gasteiger partial charge in [0, 0.05) is 31.9 Å². The highest BCUT2D eigenvalue weighted by atomic mass is 15.2. The lowest BCUT2D eigenvalue weighted by molar-refractivity contribution is 0.246. The van der Waals surface area contributed by atoms with Gasteiger partial charge in [-0.1, -0.05) is 31.0 Å². The summed E-state index contributed by atoms with van der Waals surface area (Å²) < 4.78 is 0. The Morgan fingerprint density at radius 2 is 1.63 bits per heavy atom. The third-order valence-electron chi connectivity index (χ3n) is 4.70. The summed E-state index contributed by atoms with van der Waals surface area (Å²) in [6, 6.07) is 10.9. The molecule has 1 heterocycles. The summed E-state index contributed by atoms with van der Waals surface area (Å²) in [5.74, 6) is 0.989. The Morgan fingerprint density at radius 1 is 0.842 bits per heavy atom. The van der Waals surface area contributed by atoms with E-state index in [-0.39, 0.29) is 0 Å². The van der Waals surface area contributed by atoms with E-state index >= 15 is 0 Å². The first-order valence-electron chi connectivity index (χ1n) is 7.94.